The Morgan fingerprint density at radius 2 is 1.30 bits per heavy atom. The van der Waals surface area contributed by atoms with E-state index in [9.17, 15) is 79.2 Å². The zero-order valence-electron chi connectivity index (χ0n) is 36.4. The lowest BCUT2D eigenvalue weighted by molar-refractivity contribution is -0.144. The lowest BCUT2D eigenvalue weighted by Crippen LogP contribution is -2.60. The van der Waals surface area contributed by atoms with Gasteiger partial charge in [0, 0.05) is 89.4 Å². The van der Waals surface area contributed by atoms with E-state index in [-0.39, 0.29) is 78.2 Å². The highest BCUT2D eigenvalue weighted by Crippen LogP contribution is 2.61. The van der Waals surface area contributed by atoms with E-state index in [0.717, 1.165) is 0 Å². The summed E-state index contributed by atoms with van der Waals surface area (Å²) in [5, 5.41) is 84.9. The Labute approximate surface area is 367 Å². The molecule has 9 N–H and O–H groups in total. The average Bonchev–Trinajstić information content (AvgIpc) is 3.72. The quantitative estimate of drug-likeness (QED) is 0.0801. The lowest BCUT2D eigenvalue weighted by atomic mass is 9.56. The molecule has 0 spiro atoms. The molecule has 64 heavy (non-hydrogen) atoms. The molecule has 1 saturated heterocycles. The Morgan fingerprint density at radius 3 is 1.84 bits per heavy atom. The molecule has 0 aliphatic carbocycles. The second kappa shape index (κ2) is 17.8. The molecule has 0 radical (unpaired) electrons. The van der Waals surface area contributed by atoms with Gasteiger partial charge >= 0.3 is 47.8 Å². The fourth-order valence-corrected chi connectivity index (χ4v) is 11.2. The fourth-order valence-electron chi connectivity index (χ4n) is 11.2. The van der Waals surface area contributed by atoms with E-state index in [1.807, 2.05) is 0 Å². The van der Waals surface area contributed by atoms with E-state index < -0.39 is 144 Å². The first-order valence-corrected chi connectivity index (χ1v) is 21.0. The molecule has 1 unspecified atom stereocenters. The molecule has 20 heteroatoms. The Kier molecular flexibility index (Phi) is 13.5. The normalized spacial score (nSPS) is 32.6. The molecule has 0 aromatic carbocycles. The second-order valence-corrected chi connectivity index (χ2v) is 18.8. The zero-order valence-corrected chi connectivity index (χ0v) is 36.4. The van der Waals surface area contributed by atoms with Crippen molar-refractivity contribution in [2.24, 2.45) is 43.1 Å². The molecule has 0 saturated carbocycles. The molecule has 5 aliphatic heterocycles. The van der Waals surface area contributed by atoms with Gasteiger partial charge in [0.15, 0.2) is 0 Å². The third-order valence-corrected chi connectivity index (χ3v) is 14.6. The molecule has 0 aromatic rings. The van der Waals surface area contributed by atoms with Crippen LogP contribution in [0.1, 0.15) is 125 Å². The van der Waals surface area contributed by atoms with Crippen LogP contribution in [0.25, 0.3) is 0 Å². The van der Waals surface area contributed by atoms with Crippen LogP contribution in [0.15, 0.2) is 49.2 Å². The number of carboxylic acids is 8. The highest BCUT2D eigenvalue weighted by atomic mass is 16.4. The molecule has 0 amide bonds. The molecule has 8 bridgehead atoms. The number of aliphatic imine (C=N–C) groups is 3. The van der Waals surface area contributed by atoms with Crippen molar-refractivity contribution in [1.82, 2.24) is 5.32 Å². The van der Waals surface area contributed by atoms with Crippen molar-refractivity contribution in [2.45, 2.75) is 142 Å². The van der Waals surface area contributed by atoms with Gasteiger partial charge in [0.1, 0.15) is 0 Å². The smallest absolute Gasteiger partial charge is 0.307 e. The first kappa shape index (κ1) is 48.8. The second-order valence-electron chi connectivity index (χ2n) is 18.8. The van der Waals surface area contributed by atoms with Gasteiger partial charge in [0.2, 0.25) is 0 Å². The van der Waals surface area contributed by atoms with Gasteiger partial charge in [-0.2, -0.15) is 0 Å². The van der Waals surface area contributed by atoms with E-state index in [0.29, 0.717) is 5.57 Å². The van der Waals surface area contributed by atoms with Gasteiger partial charge in [-0.3, -0.25) is 53.3 Å². The predicted octanol–water partition coefficient (Wildman–Crippen LogP) is 4.68. The number of nitrogens with zero attached hydrogens (tertiary/aromatic N) is 3. The van der Waals surface area contributed by atoms with E-state index >= 15 is 0 Å². The van der Waals surface area contributed by atoms with Crippen LogP contribution in [-0.4, -0.2) is 123 Å². The Morgan fingerprint density at radius 1 is 0.703 bits per heavy atom. The number of rotatable bonds is 20. The van der Waals surface area contributed by atoms with Crippen LogP contribution in [0.3, 0.4) is 0 Å². The van der Waals surface area contributed by atoms with Crippen molar-refractivity contribution in [2.75, 3.05) is 0 Å². The van der Waals surface area contributed by atoms with Crippen LogP contribution in [0.5, 0.6) is 0 Å². The largest absolute Gasteiger partial charge is 0.481 e. The number of aliphatic carboxylic acids is 8. The number of nitrogens with one attached hydrogen (secondary N) is 1. The van der Waals surface area contributed by atoms with Crippen molar-refractivity contribution in [3.63, 3.8) is 0 Å². The van der Waals surface area contributed by atoms with Crippen LogP contribution >= 0.6 is 0 Å². The van der Waals surface area contributed by atoms with Crippen molar-refractivity contribution in [1.29, 1.82) is 0 Å². The molecule has 5 heterocycles. The van der Waals surface area contributed by atoms with Gasteiger partial charge in [-0.05, 0) is 69.2 Å². The summed E-state index contributed by atoms with van der Waals surface area (Å²) in [6.45, 7) is 8.10. The highest BCUT2D eigenvalue weighted by molar-refractivity contribution is 6.17. The van der Waals surface area contributed by atoms with Gasteiger partial charge in [0.05, 0.1) is 48.5 Å². The van der Waals surface area contributed by atoms with E-state index in [1.165, 1.54) is 6.08 Å². The summed E-state index contributed by atoms with van der Waals surface area (Å²) in [6, 6.07) is -1.17. The maximum Gasteiger partial charge on any atom is 0.307 e. The molecule has 5 aliphatic rings. The van der Waals surface area contributed by atoms with Crippen molar-refractivity contribution in [3.05, 3.63) is 34.2 Å². The van der Waals surface area contributed by atoms with Crippen molar-refractivity contribution >= 4 is 64.9 Å². The van der Waals surface area contributed by atoms with Crippen LogP contribution in [0.2, 0.25) is 0 Å². The fraction of sp³-hybridized carbons (Fsp3) is 0.614. The summed E-state index contributed by atoms with van der Waals surface area (Å²) in [4.78, 5) is 115. The van der Waals surface area contributed by atoms with Crippen molar-refractivity contribution < 1.29 is 79.2 Å². The Bertz CT molecular complexity index is 2270. The first-order valence-electron chi connectivity index (χ1n) is 21.0. The predicted molar refractivity (Wildman–Crippen MR) is 225 cm³/mol. The monoisotopic (exact) mass is 896 g/mol. The molecule has 0 aromatic heterocycles. The number of hydrogen-bond acceptors (Lipinski definition) is 12. The summed E-state index contributed by atoms with van der Waals surface area (Å²) in [5.41, 5.74) is -5.72. The van der Waals surface area contributed by atoms with Gasteiger partial charge in [-0.1, -0.05) is 13.8 Å². The highest BCUT2D eigenvalue weighted by Gasteiger charge is 2.66. The van der Waals surface area contributed by atoms with Crippen LogP contribution in [-0.2, 0) is 38.4 Å². The Hall–Kier alpha value is -6.21. The summed E-state index contributed by atoms with van der Waals surface area (Å²) in [7, 11) is 0. The number of carboxylic acid groups (broad SMARTS) is 8. The van der Waals surface area contributed by atoms with E-state index in [2.05, 4.69) is 5.32 Å². The summed E-state index contributed by atoms with van der Waals surface area (Å²) >= 11 is 0. The number of fused-ring (bicyclic) bond motifs is 6. The van der Waals surface area contributed by atoms with Crippen LogP contribution < -0.4 is 5.32 Å². The third kappa shape index (κ3) is 9.22. The number of allylic oxidation sites excluding steroid dienone is 4. The molecular formula is C44H56N4O16. The summed E-state index contributed by atoms with van der Waals surface area (Å²) in [6.07, 6.45) is -3.95. The average molecular weight is 897 g/mol. The van der Waals surface area contributed by atoms with Crippen molar-refractivity contribution in [3.8, 4) is 0 Å². The maximum absolute atomic E-state index is 13.0. The lowest BCUT2D eigenvalue weighted by Gasteiger charge is -2.48. The molecule has 8 atom stereocenters. The molecule has 1 fully saturated rings. The van der Waals surface area contributed by atoms with Crippen LogP contribution in [0, 0.1) is 28.1 Å². The molecule has 20 nitrogen and oxygen atoms in total. The SMILES string of the molecule is C[C@@]1(CC(=O)O)C2=NC(=C1CCC(=O)O)C[C@]1(C)N=C(CC3=NC([C@H](CC(=O)O)[C@@]3(C)CCC(=O)O)[C@]3(C)N/C(=C\2)[C@@H](CCC(=O)O)[C@]3(C)CC(=O)O)C(CCC(=O)O)=C1CC(=O)O. The minimum Gasteiger partial charge on any atom is -0.481 e. The molecular weight excluding hydrogens is 840 g/mol. The maximum atomic E-state index is 13.0. The van der Waals surface area contributed by atoms with Gasteiger partial charge in [-0.25, -0.2) is 0 Å². The van der Waals surface area contributed by atoms with Gasteiger partial charge in [0.25, 0.3) is 0 Å². The third-order valence-electron chi connectivity index (χ3n) is 14.6. The number of carbonyl (C=O) groups is 8. The molecule has 348 valence electrons. The Balaban J connectivity index is 1.97. The summed E-state index contributed by atoms with van der Waals surface area (Å²) < 4.78 is 0. The van der Waals surface area contributed by atoms with Crippen LogP contribution in [0.4, 0.5) is 0 Å². The number of hydrogen-bond donors (Lipinski definition) is 9. The topological polar surface area (TPSA) is 348 Å². The van der Waals surface area contributed by atoms with Gasteiger partial charge in [-0.15, -0.1) is 0 Å². The standard InChI is InChI=1S/C44H56N4O16/c1-40(13-12-34(55)56)25(15-36(59)60)39-44(5)42(3,20-38(63)64)23(8-11-33(53)54)27(48-44)17-30-41(2,19-37(61)62)22(7-10-32(51)52)28(45-30)18-43(4)24(14-35(57)58)21(6-9-31(49)50)26(47-43)16-29(40)46-39/h17,23,25,39,48H,6-16,18-20H2,1-5H3,(H,49,50)(H,51,52)(H,53,54)(H,55,56)(H,57,58)(H,59,60)(H,61,62)(H,63,64)/b27-17-/t23-,25+,39?,40-,41+,42+,43+,44+/m1/s1. The van der Waals surface area contributed by atoms with E-state index in [1.54, 1.807) is 34.6 Å². The summed E-state index contributed by atoms with van der Waals surface area (Å²) in [5.74, 6) is -12.0. The van der Waals surface area contributed by atoms with Gasteiger partial charge < -0.3 is 46.2 Å². The zero-order chi connectivity index (χ0) is 47.9. The first-order chi connectivity index (χ1) is 29.6. The molecule has 5 rings (SSSR count). The minimum absolute atomic E-state index is 0.0922. The minimum atomic E-state index is -1.57. The van der Waals surface area contributed by atoms with E-state index in [4.69, 9.17) is 15.0 Å².